The topological polar surface area (TPSA) is 63.7 Å². The van der Waals surface area contributed by atoms with E-state index in [0.29, 0.717) is 18.7 Å². The summed E-state index contributed by atoms with van der Waals surface area (Å²) in [5.41, 5.74) is 2.89. The molecule has 5 nitrogen and oxygen atoms in total. The second-order valence-electron chi connectivity index (χ2n) is 6.78. The zero-order valence-electron chi connectivity index (χ0n) is 15.2. The average Bonchev–Trinajstić information content (AvgIpc) is 3.05. The summed E-state index contributed by atoms with van der Waals surface area (Å²) in [5, 5.41) is 0. The molecule has 0 N–H and O–H groups in total. The molecule has 1 heterocycles. The van der Waals surface area contributed by atoms with Gasteiger partial charge in [-0.05, 0) is 65.3 Å². The van der Waals surface area contributed by atoms with Gasteiger partial charge in [-0.15, -0.1) is 0 Å². The summed E-state index contributed by atoms with van der Waals surface area (Å²) in [6.45, 7) is 4.39. The molecular weight excluding hydrogens is 457 g/mol. The smallest absolute Gasteiger partial charge is 0.310 e. The molecule has 0 atom stereocenters. The van der Waals surface area contributed by atoms with Crippen LogP contribution in [0.3, 0.4) is 0 Å². The van der Waals surface area contributed by atoms with E-state index in [-0.39, 0.29) is 18.1 Å². The first-order valence-electron chi connectivity index (χ1n) is 8.73. The minimum atomic E-state index is -0.589. The minimum Gasteiger partial charge on any atom is -0.463 e. The van der Waals surface area contributed by atoms with Crippen molar-refractivity contribution in [1.29, 1.82) is 0 Å². The lowest BCUT2D eigenvalue weighted by molar-refractivity contribution is -0.146. The van der Waals surface area contributed by atoms with Crippen LogP contribution in [0.25, 0.3) is 0 Å². The molecule has 2 aromatic rings. The van der Waals surface area contributed by atoms with E-state index < -0.39 is 17.7 Å². The van der Waals surface area contributed by atoms with Gasteiger partial charge in [0.2, 0.25) is 0 Å². The number of esters is 1. The molecule has 0 aromatic heterocycles. The maximum Gasteiger partial charge on any atom is 0.310 e. The Kier molecular flexibility index (Phi) is 5.94. The number of hydrogen-bond acceptors (Lipinski definition) is 4. The normalized spacial score (nSPS) is 12.8. The van der Waals surface area contributed by atoms with Gasteiger partial charge >= 0.3 is 5.97 Å². The van der Waals surface area contributed by atoms with Crippen molar-refractivity contribution in [3.8, 4) is 0 Å². The highest BCUT2D eigenvalue weighted by molar-refractivity contribution is 14.1. The van der Waals surface area contributed by atoms with Crippen LogP contribution in [0.1, 0.15) is 40.9 Å². The fourth-order valence-electron chi connectivity index (χ4n) is 3.11. The summed E-state index contributed by atoms with van der Waals surface area (Å²) in [6, 6.07) is 13.0. The van der Waals surface area contributed by atoms with Crippen LogP contribution in [0.15, 0.2) is 42.5 Å². The Morgan fingerprint density at radius 2 is 1.70 bits per heavy atom. The first-order chi connectivity index (χ1) is 12.8. The molecule has 0 unspecified atom stereocenters. The van der Waals surface area contributed by atoms with Gasteiger partial charge in [0.25, 0.3) is 11.7 Å². The molecule has 0 spiro atoms. The molecule has 0 radical (unpaired) electrons. The van der Waals surface area contributed by atoms with E-state index in [1.807, 2.05) is 30.3 Å². The number of carbonyl (C=O) groups excluding carboxylic acids is 3. The van der Waals surface area contributed by atoms with Gasteiger partial charge in [0.05, 0.1) is 12.5 Å². The maximum atomic E-state index is 12.9. The Hall–Kier alpha value is -2.22. The summed E-state index contributed by atoms with van der Waals surface area (Å²) >= 11 is 2.09. The molecule has 0 saturated carbocycles. The molecule has 1 aliphatic rings. The van der Waals surface area contributed by atoms with E-state index in [2.05, 4.69) is 22.6 Å². The highest BCUT2D eigenvalue weighted by Crippen LogP contribution is 2.24. The van der Waals surface area contributed by atoms with Crippen LogP contribution in [-0.4, -0.2) is 28.7 Å². The lowest BCUT2D eigenvalue weighted by atomic mass is 10.0. The third-order valence-corrected chi connectivity index (χ3v) is 5.01. The Bertz CT molecular complexity index is 882. The molecule has 0 aliphatic carbocycles. The van der Waals surface area contributed by atoms with Crippen molar-refractivity contribution in [3.05, 3.63) is 68.3 Å². The number of halogens is 1. The molecule has 27 heavy (non-hydrogen) atoms. The molecule has 2 aromatic carbocycles. The van der Waals surface area contributed by atoms with Crippen LogP contribution >= 0.6 is 22.6 Å². The van der Waals surface area contributed by atoms with Crippen LogP contribution in [0.5, 0.6) is 0 Å². The summed E-state index contributed by atoms with van der Waals surface area (Å²) in [6.07, 6.45) is -0.269. The zero-order valence-corrected chi connectivity index (χ0v) is 17.4. The van der Waals surface area contributed by atoms with Crippen molar-refractivity contribution in [1.82, 2.24) is 4.90 Å². The van der Waals surface area contributed by atoms with Crippen molar-refractivity contribution in [2.24, 2.45) is 0 Å². The van der Waals surface area contributed by atoms with Crippen molar-refractivity contribution >= 4 is 40.3 Å². The molecule has 0 saturated heterocycles. The minimum absolute atomic E-state index is 0.0380. The zero-order chi connectivity index (χ0) is 19.6. The fourth-order valence-corrected chi connectivity index (χ4v) is 3.60. The third-order valence-electron chi connectivity index (χ3n) is 4.34. The number of benzene rings is 2. The van der Waals surface area contributed by atoms with Crippen LogP contribution in [0.4, 0.5) is 0 Å². The SMILES string of the molecule is CC(C)OC(=O)Cc1ccc(I)cc1C(=O)C(=O)N1Cc2ccccc2C1. The Labute approximate surface area is 171 Å². The highest BCUT2D eigenvalue weighted by atomic mass is 127. The van der Waals surface area contributed by atoms with Crippen LogP contribution in [-0.2, 0) is 33.8 Å². The number of ketones is 1. The third kappa shape index (κ3) is 4.55. The first kappa shape index (κ1) is 19.5. The van der Waals surface area contributed by atoms with Gasteiger partial charge in [-0.3, -0.25) is 14.4 Å². The molecule has 0 fully saturated rings. The monoisotopic (exact) mass is 477 g/mol. The highest BCUT2D eigenvalue weighted by Gasteiger charge is 2.30. The van der Waals surface area contributed by atoms with Crippen molar-refractivity contribution in [2.75, 3.05) is 0 Å². The molecule has 3 rings (SSSR count). The number of ether oxygens (including phenoxy) is 1. The van der Waals surface area contributed by atoms with Gasteiger partial charge in [-0.2, -0.15) is 0 Å². The largest absolute Gasteiger partial charge is 0.463 e. The van der Waals surface area contributed by atoms with Gasteiger partial charge in [0, 0.05) is 22.2 Å². The van der Waals surface area contributed by atoms with Crippen LogP contribution in [0.2, 0.25) is 0 Å². The molecular formula is C21H20INO4. The average molecular weight is 477 g/mol. The van der Waals surface area contributed by atoms with Gasteiger partial charge < -0.3 is 9.64 Å². The molecule has 6 heteroatoms. The van der Waals surface area contributed by atoms with Crippen LogP contribution in [0, 0.1) is 3.57 Å². The lowest BCUT2D eigenvalue weighted by Crippen LogP contribution is -2.33. The fraction of sp³-hybridized carbons (Fsp3) is 0.286. The summed E-state index contributed by atoms with van der Waals surface area (Å²) in [7, 11) is 0. The molecule has 0 bridgehead atoms. The predicted octanol–water partition coefficient (Wildman–Crippen LogP) is 3.51. The van der Waals surface area contributed by atoms with Crippen LogP contribution < -0.4 is 0 Å². The number of Topliss-reactive ketones (excluding diaryl/α,β-unsaturated/α-hetero) is 1. The molecule has 140 valence electrons. The van der Waals surface area contributed by atoms with E-state index in [0.717, 1.165) is 14.7 Å². The number of nitrogens with zero attached hydrogens (tertiary/aromatic N) is 1. The van der Waals surface area contributed by atoms with Gasteiger partial charge in [-0.25, -0.2) is 0 Å². The summed E-state index contributed by atoms with van der Waals surface area (Å²) in [5.74, 6) is -1.55. The number of carbonyl (C=O) groups is 3. The maximum absolute atomic E-state index is 12.9. The van der Waals surface area contributed by atoms with Crippen molar-refractivity contribution in [3.63, 3.8) is 0 Å². The Morgan fingerprint density at radius 3 is 2.30 bits per heavy atom. The summed E-state index contributed by atoms with van der Waals surface area (Å²) in [4.78, 5) is 39.3. The summed E-state index contributed by atoms with van der Waals surface area (Å²) < 4.78 is 6.00. The first-order valence-corrected chi connectivity index (χ1v) is 9.81. The number of hydrogen-bond donors (Lipinski definition) is 0. The van der Waals surface area contributed by atoms with E-state index in [4.69, 9.17) is 4.74 Å². The predicted molar refractivity (Wildman–Crippen MR) is 109 cm³/mol. The molecule has 1 amide bonds. The van der Waals surface area contributed by atoms with Crippen molar-refractivity contribution < 1.29 is 19.1 Å². The number of amides is 1. The van der Waals surface area contributed by atoms with E-state index in [9.17, 15) is 14.4 Å². The lowest BCUT2D eigenvalue weighted by Gasteiger charge is -2.16. The Morgan fingerprint density at radius 1 is 1.07 bits per heavy atom. The quantitative estimate of drug-likeness (QED) is 0.286. The number of rotatable bonds is 5. The second-order valence-corrected chi connectivity index (χ2v) is 8.02. The molecule has 1 aliphatic heterocycles. The van der Waals surface area contributed by atoms with Gasteiger partial charge in [0.15, 0.2) is 0 Å². The van der Waals surface area contributed by atoms with E-state index in [1.165, 1.54) is 0 Å². The second kappa shape index (κ2) is 8.21. The standard InChI is InChI=1S/C21H20INO4/c1-13(2)27-19(24)9-14-7-8-17(22)10-18(14)20(25)21(26)23-11-15-5-3-4-6-16(15)12-23/h3-8,10,13H,9,11-12H2,1-2H3. The van der Waals surface area contributed by atoms with E-state index >= 15 is 0 Å². The number of fused-ring (bicyclic) bond motifs is 1. The van der Waals surface area contributed by atoms with Gasteiger partial charge in [0.1, 0.15) is 0 Å². The Balaban J connectivity index is 1.81. The van der Waals surface area contributed by atoms with Crippen molar-refractivity contribution in [2.45, 2.75) is 39.5 Å². The van der Waals surface area contributed by atoms with Gasteiger partial charge in [-0.1, -0.05) is 30.3 Å². The van der Waals surface area contributed by atoms with E-state index in [1.54, 1.807) is 30.9 Å².